The monoisotopic (exact) mass is 139 g/mol. The van der Waals surface area contributed by atoms with E-state index >= 15 is 0 Å². The van der Waals surface area contributed by atoms with Gasteiger partial charge in [-0.15, -0.1) is 0 Å². The number of amides is 1. The Labute approximate surface area is 61.3 Å². The number of carbonyl (C=O) groups is 1. The van der Waals surface area contributed by atoms with Crippen LogP contribution >= 0.6 is 0 Å². The lowest BCUT2D eigenvalue weighted by Crippen LogP contribution is -2.24. The molecule has 1 amide bonds. The fourth-order valence-corrected chi connectivity index (χ4v) is 1.23. The molecule has 2 nitrogen and oxygen atoms in total. The predicted octanol–water partition coefficient (Wildman–Crippen LogP) is 1.09. The van der Waals surface area contributed by atoms with Crippen molar-refractivity contribution in [3.63, 3.8) is 0 Å². The quantitative estimate of drug-likeness (QED) is 0.534. The molecule has 0 aromatic carbocycles. The van der Waals surface area contributed by atoms with E-state index in [9.17, 15) is 4.79 Å². The largest absolute Gasteiger partial charge is 0.352 e. The first kappa shape index (κ1) is 7.32. The molecule has 0 aliphatic carbocycles. The Hall–Kier alpha value is -0.790. The maximum Gasteiger partial charge on any atom is 0.243 e. The molecule has 56 valence electrons. The summed E-state index contributed by atoms with van der Waals surface area (Å²) in [5.74, 6) is 0.643. The highest BCUT2D eigenvalue weighted by atomic mass is 16.1. The molecule has 1 rings (SSSR count). The van der Waals surface area contributed by atoms with Gasteiger partial charge in [-0.1, -0.05) is 12.5 Å². The first-order valence-corrected chi connectivity index (χ1v) is 3.63. The Kier molecular flexibility index (Phi) is 2.10. The third-order valence-electron chi connectivity index (χ3n) is 1.67. The van der Waals surface area contributed by atoms with Crippen LogP contribution in [0.1, 0.15) is 20.3 Å². The molecule has 1 aliphatic rings. The summed E-state index contributed by atoms with van der Waals surface area (Å²) in [7, 11) is 0. The zero-order valence-electron chi connectivity index (χ0n) is 6.48. The molecule has 0 aromatic rings. The van der Waals surface area contributed by atoms with Crippen LogP contribution in [-0.4, -0.2) is 12.5 Å². The van der Waals surface area contributed by atoms with Crippen molar-refractivity contribution in [1.82, 2.24) is 5.32 Å². The molecule has 10 heavy (non-hydrogen) atoms. The van der Waals surface area contributed by atoms with Crippen LogP contribution in [-0.2, 0) is 4.79 Å². The Morgan fingerprint density at radius 1 is 1.70 bits per heavy atom. The summed E-state index contributed by atoms with van der Waals surface area (Å²) in [6, 6.07) is 0. The van der Waals surface area contributed by atoms with Crippen molar-refractivity contribution in [2.45, 2.75) is 20.3 Å². The maximum absolute atomic E-state index is 10.9. The Bertz CT molecular complexity index is 172. The van der Waals surface area contributed by atoms with Crippen LogP contribution < -0.4 is 5.32 Å². The average molecular weight is 139 g/mol. The lowest BCUT2D eigenvalue weighted by molar-refractivity contribution is -0.116. The molecule has 1 aliphatic heterocycles. The van der Waals surface area contributed by atoms with Crippen molar-refractivity contribution in [3.8, 4) is 0 Å². The van der Waals surface area contributed by atoms with Gasteiger partial charge in [-0.2, -0.15) is 0 Å². The molecule has 1 unspecified atom stereocenters. The van der Waals surface area contributed by atoms with Crippen LogP contribution in [0.25, 0.3) is 0 Å². The van der Waals surface area contributed by atoms with Crippen molar-refractivity contribution in [2.75, 3.05) is 6.54 Å². The van der Waals surface area contributed by atoms with Crippen LogP contribution in [0, 0.1) is 5.92 Å². The van der Waals surface area contributed by atoms with Crippen molar-refractivity contribution in [1.29, 1.82) is 0 Å². The zero-order chi connectivity index (χ0) is 7.56. The van der Waals surface area contributed by atoms with Gasteiger partial charge in [0.1, 0.15) is 0 Å². The molecule has 0 spiro atoms. The second-order valence-electron chi connectivity index (χ2n) is 3.05. The van der Waals surface area contributed by atoms with E-state index in [0.29, 0.717) is 5.92 Å². The summed E-state index contributed by atoms with van der Waals surface area (Å²) < 4.78 is 0. The number of nitrogens with one attached hydrogen (secondary N) is 1. The molecule has 0 saturated heterocycles. The molecule has 0 radical (unpaired) electrons. The van der Waals surface area contributed by atoms with Crippen LogP contribution in [0.15, 0.2) is 11.6 Å². The zero-order valence-corrected chi connectivity index (χ0v) is 6.48. The molecule has 1 N–H and O–H groups in total. The highest BCUT2D eigenvalue weighted by Gasteiger charge is 2.09. The maximum atomic E-state index is 10.9. The van der Waals surface area contributed by atoms with Gasteiger partial charge in [-0.05, 0) is 19.3 Å². The standard InChI is InChI=1S/C8H13NO/c1-6-3-7(2)5-9-8(10)4-6/h4,7H,3,5H2,1-2H3,(H,9,10). The summed E-state index contributed by atoms with van der Waals surface area (Å²) in [5, 5.41) is 2.81. The smallest absolute Gasteiger partial charge is 0.243 e. The minimum atomic E-state index is 0.0573. The SMILES string of the molecule is CC1=CC(=O)NCC(C)C1. The Morgan fingerprint density at radius 3 is 3.10 bits per heavy atom. The number of carbonyl (C=O) groups excluding carboxylic acids is 1. The summed E-state index contributed by atoms with van der Waals surface area (Å²) in [4.78, 5) is 10.9. The van der Waals surface area contributed by atoms with Gasteiger partial charge >= 0.3 is 0 Å². The van der Waals surface area contributed by atoms with Gasteiger partial charge in [0.2, 0.25) is 5.91 Å². The van der Waals surface area contributed by atoms with Gasteiger partial charge in [0.05, 0.1) is 0 Å². The van der Waals surface area contributed by atoms with Crippen LogP contribution in [0.2, 0.25) is 0 Å². The molecule has 2 heteroatoms. The second kappa shape index (κ2) is 2.86. The van der Waals surface area contributed by atoms with Gasteiger partial charge in [0, 0.05) is 12.6 Å². The van der Waals surface area contributed by atoms with E-state index in [4.69, 9.17) is 0 Å². The first-order valence-electron chi connectivity index (χ1n) is 3.63. The average Bonchev–Trinajstić information content (AvgIpc) is 1.93. The Balaban J connectivity index is 2.64. The van der Waals surface area contributed by atoms with E-state index in [0.717, 1.165) is 13.0 Å². The van der Waals surface area contributed by atoms with Gasteiger partial charge in [-0.3, -0.25) is 4.79 Å². The predicted molar refractivity (Wildman–Crippen MR) is 40.5 cm³/mol. The number of hydrogen-bond donors (Lipinski definition) is 1. The fourth-order valence-electron chi connectivity index (χ4n) is 1.23. The van der Waals surface area contributed by atoms with Crippen LogP contribution in [0.5, 0.6) is 0 Å². The fraction of sp³-hybridized carbons (Fsp3) is 0.625. The minimum Gasteiger partial charge on any atom is -0.352 e. The normalized spacial score (nSPS) is 26.8. The molecule has 0 bridgehead atoms. The summed E-state index contributed by atoms with van der Waals surface area (Å²) in [6.07, 6.45) is 2.72. The molecule has 1 heterocycles. The molecule has 1 atom stereocenters. The second-order valence-corrected chi connectivity index (χ2v) is 3.05. The highest BCUT2D eigenvalue weighted by Crippen LogP contribution is 2.11. The number of allylic oxidation sites excluding steroid dienone is 1. The van der Waals surface area contributed by atoms with Crippen molar-refractivity contribution in [2.24, 2.45) is 5.92 Å². The van der Waals surface area contributed by atoms with E-state index in [1.54, 1.807) is 6.08 Å². The molecule has 0 fully saturated rings. The highest BCUT2D eigenvalue weighted by molar-refractivity contribution is 5.88. The lowest BCUT2D eigenvalue weighted by Gasteiger charge is -2.06. The van der Waals surface area contributed by atoms with Gasteiger partial charge in [0.15, 0.2) is 0 Å². The summed E-state index contributed by atoms with van der Waals surface area (Å²) in [5.41, 5.74) is 1.18. The van der Waals surface area contributed by atoms with Crippen LogP contribution in [0.4, 0.5) is 0 Å². The van der Waals surface area contributed by atoms with Crippen LogP contribution in [0.3, 0.4) is 0 Å². The lowest BCUT2D eigenvalue weighted by atomic mass is 10.0. The van der Waals surface area contributed by atoms with Gasteiger partial charge in [-0.25, -0.2) is 0 Å². The van der Waals surface area contributed by atoms with Gasteiger partial charge < -0.3 is 5.32 Å². The van der Waals surface area contributed by atoms with E-state index < -0.39 is 0 Å². The van der Waals surface area contributed by atoms with Gasteiger partial charge in [0.25, 0.3) is 0 Å². The van der Waals surface area contributed by atoms with E-state index in [1.165, 1.54) is 5.57 Å². The third-order valence-corrected chi connectivity index (χ3v) is 1.67. The van der Waals surface area contributed by atoms with Crippen molar-refractivity contribution < 1.29 is 4.79 Å². The van der Waals surface area contributed by atoms with E-state index in [1.807, 2.05) is 6.92 Å². The molecule has 0 saturated carbocycles. The molecular weight excluding hydrogens is 126 g/mol. The van der Waals surface area contributed by atoms with Crippen molar-refractivity contribution in [3.05, 3.63) is 11.6 Å². The first-order chi connectivity index (χ1) is 4.68. The van der Waals surface area contributed by atoms with E-state index in [2.05, 4.69) is 12.2 Å². The summed E-state index contributed by atoms with van der Waals surface area (Å²) in [6.45, 7) is 4.96. The summed E-state index contributed by atoms with van der Waals surface area (Å²) >= 11 is 0. The van der Waals surface area contributed by atoms with Crippen molar-refractivity contribution >= 4 is 5.91 Å². The Morgan fingerprint density at radius 2 is 2.40 bits per heavy atom. The number of hydrogen-bond acceptors (Lipinski definition) is 1. The topological polar surface area (TPSA) is 29.1 Å². The molecule has 0 aromatic heterocycles. The molecular formula is C8H13NO. The third kappa shape index (κ3) is 1.87. The van der Waals surface area contributed by atoms with E-state index in [-0.39, 0.29) is 5.91 Å². The number of rotatable bonds is 0. The minimum absolute atomic E-state index is 0.0573.